The summed E-state index contributed by atoms with van der Waals surface area (Å²) in [4.78, 5) is 0. The Hall–Kier alpha value is -1.32. The zero-order valence-corrected chi connectivity index (χ0v) is 13.9. The van der Waals surface area contributed by atoms with Gasteiger partial charge < -0.3 is 10.5 Å². The van der Waals surface area contributed by atoms with Crippen molar-refractivity contribution in [3.63, 3.8) is 0 Å². The van der Waals surface area contributed by atoms with Crippen LogP contribution in [0.15, 0.2) is 41.1 Å². The van der Waals surface area contributed by atoms with E-state index in [1.54, 1.807) is 11.3 Å². The lowest BCUT2D eigenvalue weighted by Gasteiger charge is -2.26. The molecular weight excluding hydrogens is 278 g/mol. The van der Waals surface area contributed by atoms with E-state index in [0.717, 1.165) is 18.6 Å². The number of benzene rings is 1. The van der Waals surface area contributed by atoms with Crippen molar-refractivity contribution in [1.82, 2.24) is 0 Å². The van der Waals surface area contributed by atoms with Gasteiger partial charge in [-0.2, -0.15) is 11.3 Å². The molecule has 3 unspecified atom stereocenters. The lowest BCUT2D eigenvalue weighted by atomic mass is 9.97. The Kier molecular flexibility index (Phi) is 5.83. The fourth-order valence-corrected chi connectivity index (χ4v) is 3.09. The summed E-state index contributed by atoms with van der Waals surface area (Å²) in [5.74, 6) is 1.45. The van der Waals surface area contributed by atoms with Crippen LogP contribution in [0.5, 0.6) is 5.75 Å². The van der Waals surface area contributed by atoms with Crippen LogP contribution in [0.3, 0.4) is 0 Å². The van der Waals surface area contributed by atoms with Crippen LogP contribution in [0.2, 0.25) is 0 Å². The Labute approximate surface area is 132 Å². The number of rotatable bonds is 7. The van der Waals surface area contributed by atoms with E-state index < -0.39 is 0 Å². The molecular formula is C18H25NOS. The van der Waals surface area contributed by atoms with E-state index in [2.05, 4.69) is 55.8 Å². The first-order valence-electron chi connectivity index (χ1n) is 7.70. The SMILES string of the molecule is CCC(C)c1ccccc1OC(c1ccsc1)C(N)CC. The maximum absolute atomic E-state index is 6.35. The molecule has 2 nitrogen and oxygen atoms in total. The summed E-state index contributed by atoms with van der Waals surface area (Å²) >= 11 is 1.69. The predicted octanol–water partition coefficient (Wildman–Crippen LogP) is 5.12. The fourth-order valence-electron chi connectivity index (χ4n) is 2.41. The summed E-state index contributed by atoms with van der Waals surface area (Å²) in [6.07, 6.45) is 1.92. The predicted molar refractivity (Wildman–Crippen MR) is 91.1 cm³/mol. The van der Waals surface area contributed by atoms with Gasteiger partial charge in [0.15, 0.2) is 0 Å². The van der Waals surface area contributed by atoms with Gasteiger partial charge in [-0.1, -0.05) is 39.0 Å². The largest absolute Gasteiger partial charge is 0.484 e. The molecule has 1 aromatic carbocycles. The smallest absolute Gasteiger partial charge is 0.140 e. The minimum absolute atomic E-state index is 0.00425. The summed E-state index contributed by atoms with van der Waals surface area (Å²) in [7, 11) is 0. The van der Waals surface area contributed by atoms with Gasteiger partial charge in [0, 0.05) is 11.6 Å². The van der Waals surface area contributed by atoms with Gasteiger partial charge in [-0.3, -0.25) is 0 Å². The summed E-state index contributed by atoms with van der Waals surface area (Å²) in [5.41, 5.74) is 8.74. The summed E-state index contributed by atoms with van der Waals surface area (Å²) in [6, 6.07) is 10.4. The summed E-state index contributed by atoms with van der Waals surface area (Å²) in [5, 5.41) is 4.21. The molecule has 2 aromatic rings. The maximum Gasteiger partial charge on any atom is 0.140 e. The highest BCUT2D eigenvalue weighted by molar-refractivity contribution is 7.07. The lowest BCUT2D eigenvalue weighted by molar-refractivity contribution is 0.169. The van der Waals surface area contributed by atoms with Gasteiger partial charge in [0.05, 0.1) is 0 Å². The number of para-hydroxylation sites is 1. The lowest BCUT2D eigenvalue weighted by Crippen LogP contribution is -2.31. The topological polar surface area (TPSA) is 35.2 Å². The maximum atomic E-state index is 6.35. The molecule has 0 aliphatic heterocycles. The van der Waals surface area contributed by atoms with Crippen molar-refractivity contribution < 1.29 is 4.74 Å². The number of hydrogen-bond donors (Lipinski definition) is 1. The molecule has 0 saturated carbocycles. The summed E-state index contributed by atoms with van der Waals surface area (Å²) < 4.78 is 6.35. The fraction of sp³-hybridized carbons (Fsp3) is 0.444. The minimum atomic E-state index is -0.0774. The Morgan fingerprint density at radius 2 is 1.90 bits per heavy atom. The molecule has 0 aliphatic carbocycles. The first kappa shape index (κ1) is 16.1. The van der Waals surface area contributed by atoms with Crippen LogP contribution >= 0.6 is 11.3 Å². The standard InChI is InChI=1S/C18H25NOS/c1-4-13(3)15-8-6-7-9-17(15)20-18(16(19)5-2)14-10-11-21-12-14/h6-13,16,18H,4-5,19H2,1-3H3. The number of ether oxygens (including phenoxy) is 1. The van der Waals surface area contributed by atoms with Crippen molar-refractivity contribution in [2.24, 2.45) is 5.73 Å². The van der Waals surface area contributed by atoms with E-state index in [1.807, 2.05) is 6.07 Å². The Morgan fingerprint density at radius 3 is 2.52 bits per heavy atom. The zero-order chi connectivity index (χ0) is 15.2. The van der Waals surface area contributed by atoms with Crippen LogP contribution in [-0.4, -0.2) is 6.04 Å². The highest BCUT2D eigenvalue weighted by Crippen LogP contribution is 2.33. The molecule has 0 saturated heterocycles. The second-order valence-electron chi connectivity index (χ2n) is 5.51. The Morgan fingerprint density at radius 1 is 1.14 bits per heavy atom. The number of thiophene rings is 1. The summed E-state index contributed by atoms with van der Waals surface area (Å²) in [6.45, 7) is 6.55. The van der Waals surface area contributed by atoms with Crippen LogP contribution in [0.4, 0.5) is 0 Å². The molecule has 2 N–H and O–H groups in total. The molecule has 1 aromatic heterocycles. The third kappa shape index (κ3) is 3.86. The van der Waals surface area contributed by atoms with Crippen molar-refractivity contribution in [3.05, 3.63) is 52.2 Å². The van der Waals surface area contributed by atoms with E-state index in [0.29, 0.717) is 5.92 Å². The first-order chi connectivity index (χ1) is 10.2. The van der Waals surface area contributed by atoms with Gasteiger partial charge in [-0.15, -0.1) is 0 Å². The highest BCUT2D eigenvalue weighted by Gasteiger charge is 2.22. The van der Waals surface area contributed by atoms with Gasteiger partial charge in [0.25, 0.3) is 0 Å². The monoisotopic (exact) mass is 303 g/mol. The molecule has 3 heteroatoms. The van der Waals surface area contributed by atoms with E-state index in [-0.39, 0.29) is 12.1 Å². The van der Waals surface area contributed by atoms with Crippen LogP contribution in [-0.2, 0) is 0 Å². The second-order valence-corrected chi connectivity index (χ2v) is 6.29. The zero-order valence-electron chi connectivity index (χ0n) is 13.1. The quantitative estimate of drug-likeness (QED) is 0.770. The van der Waals surface area contributed by atoms with Gasteiger partial charge in [0.1, 0.15) is 11.9 Å². The second kappa shape index (κ2) is 7.62. The van der Waals surface area contributed by atoms with E-state index in [9.17, 15) is 0 Å². The molecule has 0 radical (unpaired) electrons. The Balaban J connectivity index is 2.29. The van der Waals surface area contributed by atoms with Crippen molar-refractivity contribution in [2.45, 2.75) is 51.7 Å². The average molecular weight is 303 g/mol. The minimum Gasteiger partial charge on any atom is -0.484 e. The van der Waals surface area contributed by atoms with Gasteiger partial charge in [-0.25, -0.2) is 0 Å². The normalized spacial score (nSPS) is 15.4. The van der Waals surface area contributed by atoms with Crippen molar-refractivity contribution in [1.29, 1.82) is 0 Å². The Bertz CT molecular complexity index is 538. The van der Waals surface area contributed by atoms with Crippen LogP contribution in [0.25, 0.3) is 0 Å². The number of hydrogen-bond acceptors (Lipinski definition) is 3. The average Bonchev–Trinajstić information content (AvgIpc) is 3.05. The van der Waals surface area contributed by atoms with E-state index >= 15 is 0 Å². The molecule has 0 fully saturated rings. The third-order valence-electron chi connectivity index (χ3n) is 4.05. The van der Waals surface area contributed by atoms with Gasteiger partial charge >= 0.3 is 0 Å². The molecule has 1 heterocycles. The van der Waals surface area contributed by atoms with Crippen LogP contribution in [0.1, 0.15) is 56.8 Å². The first-order valence-corrected chi connectivity index (χ1v) is 8.64. The molecule has 3 atom stereocenters. The molecule has 0 amide bonds. The number of nitrogens with two attached hydrogens (primary N) is 1. The molecule has 0 aliphatic rings. The molecule has 0 bridgehead atoms. The highest BCUT2D eigenvalue weighted by atomic mass is 32.1. The van der Waals surface area contributed by atoms with Crippen molar-refractivity contribution in [3.8, 4) is 5.75 Å². The molecule has 0 spiro atoms. The van der Waals surface area contributed by atoms with Crippen molar-refractivity contribution in [2.75, 3.05) is 0 Å². The molecule has 2 rings (SSSR count). The van der Waals surface area contributed by atoms with Crippen molar-refractivity contribution >= 4 is 11.3 Å². The van der Waals surface area contributed by atoms with E-state index in [1.165, 1.54) is 11.1 Å². The molecule has 114 valence electrons. The van der Waals surface area contributed by atoms with Gasteiger partial charge in [-0.05, 0) is 47.2 Å². The third-order valence-corrected chi connectivity index (χ3v) is 4.75. The van der Waals surface area contributed by atoms with Crippen LogP contribution < -0.4 is 10.5 Å². The van der Waals surface area contributed by atoms with Crippen LogP contribution in [0, 0.1) is 0 Å². The van der Waals surface area contributed by atoms with Gasteiger partial charge in [0.2, 0.25) is 0 Å². The van der Waals surface area contributed by atoms with E-state index in [4.69, 9.17) is 10.5 Å². The molecule has 21 heavy (non-hydrogen) atoms.